The third-order valence-corrected chi connectivity index (χ3v) is 6.83. The average molecular weight is 401 g/mol. The predicted molar refractivity (Wildman–Crippen MR) is 109 cm³/mol. The second-order valence-corrected chi connectivity index (χ2v) is 9.09. The van der Waals surface area contributed by atoms with Gasteiger partial charge in [-0.05, 0) is 31.9 Å². The molecule has 0 radical (unpaired) electrons. The number of rotatable bonds is 6. The molecule has 0 spiro atoms. The van der Waals surface area contributed by atoms with Gasteiger partial charge in [-0.2, -0.15) is 0 Å². The van der Waals surface area contributed by atoms with Crippen molar-refractivity contribution in [3.63, 3.8) is 0 Å². The van der Waals surface area contributed by atoms with E-state index in [0.29, 0.717) is 36.2 Å². The first-order chi connectivity index (χ1) is 13.4. The lowest BCUT2D eigenvalue weighted by Gasteiger charge is -2.31. The van der Waals surface area contributed by atoms with Gasteiger partial charge < -0.3 is 5.32 Å². The second kappa shape index (κ2) is 8.67. The number of ketones is 1. The van der Waals surface area contributed by atoms with E-state index in [-0.39, 0.29) is 24.0 Å². The van der Waals surface area contributed by atoms with Crippen LogP contribution in [-0.2, 0) is 14.8 Å². The Morgan fingerprint density at radius 3 is 2.46 bits per heavy atom. The molecule has 0 aliphatic carbocycles. The van der Waals surface area contributed by atoms with Crippen molar-refractivity contribution >= 4 is 27.4 Å². The van der Waals surface area contributed by atoms with Gasteiger partial charge in [0.15, 0.2) is 5.78 Å². The van der Waals surface area contributed by atoms with Gasteiger partial charge in [-0.25, -0.2) is 12.7 Å². The molecule has 1 atom stereocenters. The molecule has 2 aromatic rings. The lowest BCUT2D eigenvalue weighted by atomic mass is 9.97. The number of sulfonamides is 1. The first-order valence-electron chi connectivity index (χ1n) is 9.40. The second-order valence-electron chi connectivity index (χ2n) is 6.83. The van der Waals surface area contributed by atoms with Crippen LogP contribution in [0.3, 0.4) is 0 Å². The third-order valence-electron chi connectivity index (χ3n) is 4.98. The smallest absolute Gasteiger partial charge is 0.228 e. The molecular weight excluding hydrogens is 376 g/mol. The van der Waals surface area contributed by atoms with Crippen molar-refractivity contribution in [2.45, 2.75) is 19.8 Å². The number of piperidine rings is 1. The maximum atomic E-state index is 12.8. The Morgan fingerprint density at radius 2 is 1.75 bits per heavy atom. The lowest BCUT2D eigenvalue weighted by Crippen LogP contribution is -2.44. The Kier molecular flexibility index (Phi) is 6.26. The zero-order valence-corrected chi connectivity index (χ0v) is 16.6. The van der Waals surface area contributed by atoms with Gasteiger partial charge in [-0.3, -0.25) is 9.59 Å². The van der Waals surface area contributed by atoms with Crippen LogP contribution in [-0.4, -0.2) is 43.3 Å². The molecule has 6 nitrogen and oxygen atoms in total. The van der Waals surface area contributed by atoms with Crippen molar-refractivity contribution in [1.29, 1.82) is 0 Å². The van der Waals surface area contributed by atoms with E-state index in [1.165, 1.54) is 4.31 Å². The number of carbonyl (C=O) groups is 2. The number of nitrogens with one attached hydrogen (secondary N) is 1. The Balaban J connectivity index is 1.77. The minimum atomic E-state index is -3.32. The van der Waals surface area contributed by atoms with Crippen molar-refractivity contribution in [2.24, 2.45) is 5.92 Å². The summed E-state index contributed by atoms with van der Waals surface area (Å²) in [6.07, 6.45) is 1.26. The number of hydrogen-bond donors (Lipinski definition) is 1. The number of anilines is 1. The standard InChI is InChI=1S/C21H24N2O4S/c1-2-28(26,27)23-14-8-11-17(15-23)21(25)22-19-13-7-6-12-18(19)20(24)16-9-4-3-5-10-16/h3-7,9-10,12-13,17H,2,8,11,14-15H2,1H3,(H,22,25)/t17-/m1/s1. The minimum absolute atomic E-state index is 0.0236. The van der Waals surface area contributed by atoms with Crippen LogP contribution in [0.2, 0.25) is 0 Å². The van der Waals surface area contributed by atoms with Crippen LogP contribution in [0.25, 0.3) is 0 Å². The number of amides is 1. The van der Waals surface area contributed by atoms with E-state index in [1.807, 2.05) is 6.07 Å². The molecular formula is C21H24N2O4S. The monoisotopic (exact) mass is 400 g/mol. The van der Waals surface area contributed by atoms with Gasteiger partial charge in [0.1, 0.15) is 0 Å². The molecule has 1 aliphatic rings. The van der Waals surface area contributed by atoms with E-state index >= 15 is 0 Å². The summed E-state index contributed by atoms with van der Waals surface area (Å²) in [5.74, 6) is -0.843. The molecule has 0 aromatic heterocycles. The third kappa shape index (κ3) is 4.48. The van der Waals surface area contributed by atoms with Gasteiger partial charge in [0, 0.05) is 24.2 Å². The molecule has 1 heterocycles. The average Bonchev–Trinajstić information content (AvgIpc) is 2.74. The SMILES string of the molecule is CCS(=O)(=O)N1CCC[C@@H](C(=O)Nc2ccccc2C(=O)c2ccccc2)C1. The summed E-state index contributed by atoms with van der Waals surface area (Å²) in [5, 5.41) is 2.84. The summed E-state index contributed by atoms with van der Waals surface area (Å²) >= 11 is 0. The number of para-hydroxylation sites is 1. The Bertz CT molecular complexity index is 957. The highest BCUT2D eigenvalue weighted by Gasteiger charge is 2.31. The highest BCUT2D eigenvalue weighted by Crippen LogP contribution is 2.24. The van der Waals surface area contributed by atoms with Crippen molar-refractivity contribution in [2.75, 3.05) is 24.2 Å². The van der Waals surface area contributed by atoms with Gasteiger partial charge in [0.05, 0.1) is 17.4 Å². The fourth-order valence-electron chi connectivity index (χ4n) is 3.36. The zero-order chi connectivity index (χ0) is 20.1. The van der Waals surface area contributed by atoms with Crippen molar-refractivity contribution in [3.05, 3.63) is 65.7 Å². The largest absolute Gasteiger partial charge is 0.325 e. The van der Waals surface area contributed by atoms with Gasteiger partial charge in [-0.15, -0.1) is 0 Å². The van der Waals surface area contributed by atoms with Crippen LogP contribution in [0.4, 0.5) is 5.69 Å². The summed E-state index contributed by atoms with van der Waals surface area (Å²) in [6.45, 7) is 2.23. The summed E-state index contributed by atoms with van der Waals surface area (Å²) in [6, 6.07) is 15.8. The molecule has 0 saturated carbocycles. The molecule has 1 aliphatic heterocycles. The van der Waals surface area contributed by atoms with E-state index in [1.54, 1.807) is 55.5 Å². The van der Waals surface area contributed by atoms with Crippen molar-refractivity contribution in [3.8, 4) is 0 Å². The molecule has 3 rings (SSSR count). The van der Waals surface area contributed by atoms with Crippen LogP contribution >= 0.6 is 0 Å². The zero-order valence-electron chi connectivity index (χ0n) is 15.8. The van der Waals surface area contributed by atoms with Crippen LogP contribution < -0.4 is 5.32 Å². The quantitative estimate of drug-likeness (QED) is 0.756. The maximum Gasteiger partial charge on any atom is 0.228 e. The normalized spacial score (nSPS) is 17.8. The molecule has 0 bridgehead atoms. The fourth-order valence-corrected chi connectivity index (χ4v) is 4.54. The Hall–Kier alpha value is -2.51. The number of benzene rings is 2. The Labute approximate surface area is 165 Å². The molecule has 1 N–H and O–H groups in total. The molecule has 2 aromatic carbocycles. The number of nitrogens with zero attached hydrogens (tertiary/aromatic N) is 1. The van der Waals surface area contributed by atoms with E-state index in [9.17, 15) is 18.0 Å². The molecule has 0 unspecified atom stereocenters. The first kappa shape index (κ1) is 20.2. The molecule has 1 fully saturated rings. The van der Waals surface area contributed by atoms with E-state index < -0.39 is 15.9 Å². The summed E-state index contributed by atoms with van der Waals surface area (Å²) in [4.78, 5) is 25.6. The van der Waals surface area contributed by atoms with Crippen LogP contribution in [0.1, 0.15) is 35.7 Å². The predicted octanol–water partition coefficient (Wildman–Crippen LogP) is 2.92. The van der Waals surface area contributed by atoms with Crippen LogP contribution in [0, 0.1) is 5.92 Å². The van der Waals surface area contributed by atoms with Gasteiger partial charge in [0.25, 0.3) is 0 Å². The Morgan fingerprint density at radius 1 is 1.07 bits per heavy atom. The highest BCUT2D eigenvalue weighted by molar-refractivity contribution is 7.89. The molecule has 1 amide bonds. The summed E-state index contributed by atoms with van der Waals surface area (Å²) in [7, 11) is -3.32. The van der Waals surface area contributed by atoms with E-state index in [0.717, 1.165) is 0 Å². The topological polar surface area (TPSA) is 83.6 Å². The molecule has 7 heteroatoms. The van der Waals surface area contributed by atoms with Crippen LogP contribution in [0.5, 0.6) is 0 Å². The van der Waals surface area contributed by atoms with Crippen LogP contribution in [0.15, 0.2) is 54.6 Å². The minimum Gasteiger partial charge on any atom is -0.325 e. The fraction of sp³-hybridized carbons (Fsp3) is 0.333. The van der Waals surface area contributed by atoms with E-state index in [4.69, 9.17) is 0 Å². The first-order valence-corrected chi connectivity index (χ1v) is 11.0. The maximum absolute atomic E-state index is 12.8. The lowest BCUT2D eigenvalue weighted by molar-refractivity contribution is -0.120. The van der Waals surface area contributed by atoms with Crippen molar-refractivity contribution in [1.82, 2.24) is 4.31 Å². The van der Waals surface area contributed by atoms with E-state index in [2.05, 4.69) is 5.32 Å². The number of carbonyl (C=O) groups excluding carboxylic acids is 2. The molecule has 28 heavy (non-hydrogen) atoms. The van der Waals surface area contributed by atoms with Crippen molar-refractivity contribution < 1.29 is 18.0 Å². The van der Waals surface area contributed by atoms with Gasteiger partial charge in [-0.1, -0.05) is 42.5 Å². The molecule has 1 saturated heterocycles. The van der Waals surface area contributed by atoms with Gasteiger partial charge >= 0.3 is 0 Å². The summed E-state index contributed by atoms with van der Waals surface area (Å²) < 4.78 is 25.7. The molecule has 148 valence electrons. The number of hydrogen-bond acceptors (Lipinski definition) is 4. The highest BCUT2D eigenvalue weighted by atomic mass is 32.2. The summed E-state index contributed by atoms with van der Waals surface area (Å²) in [5.41, 5.74) is 1.40. The van der Waals surface area contributed by atoms with Gasteiger partial charge in [0.2, 0.25) is 15.9 Å².